The summed E-state index contributed by atoms with van der Waals surface area (Å²) in [5.41, 5.74) is 4.05. The first kappa shape index (κ1) is 24.4. The van der Waals surface area contributed by atoms with Crippen molar-refractivity contribution >= 4 is 33.4 Å². The van der Waals surface area contributed by atoms with Crippen molar-refractivity contribution in [3.63, 3.8) is 0 Å². The third-order valence-corrected chi connectivity index (χ3v) is 8.76. The molecule has 192 valence electrons. The first-order valence-electron chi connectivity index (χ1n) is 13.2. The summed E-state index contributed by atoms with van der Waals surface area (Å²) in [6.07, 6.45) is 6.07. The zero-order chi connectivity index (χ0) is 25.5. The molecule has 2 aromatic rings. The predicted octanol–water partition coefficient (Wildman–Crippen LogP) is 6.63. The van der Waals surface area contributed by atoms with E-state index in [9.17, 15) is 9.59 Å². The van der Waals surface area contributed by atoms with Crippen LogP contribution in [0.15, 0.2) is 63.2 Å². The smallest absolute Gasteiger partial charge is 0.315 e. The van der Waals surface area contributed by atoms with Crippen molar-refractivity contribution in [1.29, 1.82) is 0 Å². The Balaban J connectivity index is 1.42. The van der Waals surface area contributed by atoms with E-state index in [1.54, 1.807) is 0 Å². The van der Waals surface area contributed by atoms with Crippen LogP contribution in [0.2, 0.25) is 0 Å². The summed E-state index contributed by atoms with van der Waals surface area (Å²) in [5, 5.41) is 0. The Morgan fingerprint density at radius 2 is 1.76 bits per heavy atom. The molecule has 3 atom stereocenters. The highest BCUT2D eigenvalue weighted by atomic mass is 79.9. The van der Waals surface area contributed by atoms with Gasteiger partial charge in [0.15, 0.2) is 17.3 Å². The van der Waals surface area contributed by atoms with Crippen LogP contribution in [0.4, 0.5) is 0 Å². The van der Waals surface area contributed by atoms with E-state index >= 15 is 0 Å². The van der Waals surface area contributed by atoms with Crippen molar-refractivity contribution < 1.29 is 23.8 Å². The molecule has 1 unspecified atom stereocenters. The molecule has 2 aliphatic carbocycles. The van der Waals surface area contributed by atoms with E-state index in [1.165, 1.54) is 6.42 Å². The average molecular weight is 564 g/mol. The summed E-state index contributed by atoms with van der Waals surface area (Å²) in [4.78, 5) is 32.5. The molecule has 6 nitrogen and oxygen atoms in total. The van der Waals surface area contributed by atoms with Crippen LogP contribution in [0.3, 0.4) is 0 Å². The predicted molar refractivity (Wildman–Crippen MR) is 143 cm³/mol. The molecule has 7 heteroatoms. The lowest BCUT2D eigenvalue weighted by atomic mass is 9.69. The maximum Gasteiger partial charge on any atom is 0.315 e. The number of fused-ring (bicyclic) bond motifs is 1. The van der Waals surface area contributed by atoms with E-state index in [0.29, 0.717) is 35.6 Å². The molecule has 0 amide bonds. The number of hydrogen-bond acceptors (Lipinski definition) is 6. The molecule has 0 spiro atoms. The van der Waals surface area contributed by atoms with Crippen LogP contribution in [0.25, 0.3) is 0 Å². The van der Waals surface area contributed by atoms with Crippen LogP contribution in [-0.4, -0.2) is 30.4 Å². The summed E-state index contributed by atoms with van der Waals surface area (Å²) in [5.74, 6) is -0.109. The Morgan fingerprint density at radius 1 is 1.03 bits per heavy atom. The molecule has 1 fully saturated rings. The number of halogens is 1. The number of rotatable bonds is 4. The number of ether oxygens (including phenoxy) is 3. The molecule has 2 aliphatic heterocycles. The van der Waals surface area contributed by atoms with Gasteiger partial charge in [-0.2, -0.15) is 0 Å². The quantitative estimate of drug-likeness (QED) is 0.390. The van der Waals surface area contributed by atoms with Crippen LogP contribution in [0.5, 0.6) is 11.5 Å². The maximum atomic E-state index is 13.9. The first-order valence-corrected chi connectivity index (χ1v) is 13.9. The Hall–Kier alpha value is -2.93. The molecule has 37 heavy (non-hydrogen) atoms. The van der Waals surface area contributed by atoms with Gasteiger partial charge in [-0.05, 0) is 68.2 Å². The molecule has 6 rings (SSSR count). The number of benzene rings is 2. The maximum absolute atomic E-state index is 13.9. The number of carbonyl (C=O) groups excluding carboxylic acids is 2. The fraction of sp³-hybridized carbons (Fsp3) is 0.433. The van der Waals surface area contributed by atoms with Gasteiger partial charge in [-0.3, -0.25) is 14.6 Å². The van der Waals surface area contributed by atoms with E-state index in [0.717, 1.165) is 47.0 Å². The monoisotopic (exact) mass is 563 g/mol. The molecular formula is C30H30BrNO5. The van der Waals surface area contributed by atoms with Crippen molar-refractivity contribution in [2.24, 2.45) is 10.9 Å². The topological polar surface area (TPSA) is 74.2 Å². The van der Waals surface area contributed by atoms with Gasteiger partial charge in [0.25, 0.3) is 0 Å². The number of hydrogen-bond donors (Lipinski definition) is 0. The number of carbonyl (C=O) groups is 2. The van der Waals surface area contributed by atoms with Crippen molar-refractivity contribution in [2.75, 3.05) is 6.79 Å². The van der Waals surface area contributed by atoms with Crippen LogP contribution in [0.1, 0.15) is 74.8 Å². The second-order valence-electron chi connectivity index (χ2n) is 10.4. The molecule has 2 aromatic carbocycles. The first-order chi connectivity index (χ1) is 18.0. The lowest BCUT2D eigenvalue weighted by Gasteiger charge is -2.37. The van der Waals surface area contributed by atoms with Gasteiger partial charge < -0.3 is 14.2 Å². The zero-order valence-corrected chi connectivity index (χ0v) is 22.5. The number of ketones is 1. The summed E-state index contributed by atoms with van der Waals surface area (Å²) in [6, 6.07) is 13.9. The Bertz CT molecular complexity index is 1290. The summed E-state index contributed by atoms with van der Waals surface area (Å²) < 4.78 is 18.1. The van der Waals surface area contributed by atoms with Crippen molar-refractivity contribution in [1.82, 2.24) is 0 Å². The lowest BCUT2D eigenvalue weighted by Crippen LogP contribution is -2.39. The third-order valence-electron chi connectivity index (χ3n) is 8.08. The zero-order valence-electron chi connectivity index (χ0n) is 20.9. The second kappa shape index (κ2) is 10.1. The molecule has 0 aromatic heterocycles. The van der Waals surface area contributed by atoms with Crippen LogP contribution >= 0.6 is 15.9 Å². The lowest BCUT2D eigenvalue weighted by molar-refractivity contribution is -0.153. The normalized spacial score (nSPS) is 25.5. The largest absolute Gasteiger partial charge is 0.462 e. The van der Waals surface area contributed by atoms with Crippen molar-refractivity contribution in [3.05, 3.63) is 69.3 Å². The highest BCUT2D eigenvalue weighted by molar-refractivity contribution is 9.10. The van der Waals surface area contributed by atoms with Gasteiger partial charge in [-0.15, -0.1) is 0 Å². The summed E-state index contributed by atoms with van der Waals surface area (Å²) >= 11 is 3.70. The molecule has 1 saturated carbocycles. The second-order valence-corrected chi connectivity index (χ2v) is 11.3. The highest BCUT2D eigenvalue weighted by Crippen LogP contribution is 2.50. The molecular weight excluding hydrogens is 534 g/mol. The molecule has 0 saturated heterocycles. The number of nitrogens with zero attached hydrogens (tertiary/aromatic N) is 1. The Kier molecular flexibility index (Phi) is 6.65. The van der Waals surface area contributed by atoms with Gasteiger partial charge in [0, 0.05) is 33.8 Å². The van der Waals surface area contributed by atoms with Crippen LogP contribution in [-0.2, 0) is 14.3 Å². The minimum atomic E-state index is -0.672. The minimum absolute atomic E-state index is 0.0383. The molecule has 0 N–H and O–H groups in total. The fourth-order valence-corrected chi connectivity index (χ4v) is 6.82. The van der Waals surface area contributed by atoms with Crippen molar-refractivity contribution in [3.8, 4) is 11.5 Å². The number of esters is 1. The van der Waals surface area contributed by atoms with E-state index in [1.807, 2.05) is 37.3 Å². The summed E-state index contributed by atoms with van der Waals surface area (Å²) in [7, 11) is 0. The molecule has 0 radical (unpaired) electrons. The van der Waals surface area contributed by atoms with Gasteiger partial charge in [-0.1, -0.05) is 52.7 Å². The van der Waals surface area contributed by atoms with E-state index in [-0.39, 0.29) is 30.6 Å². The van der Waals surface area contributed by atoms with Gasteiger partial charge in [0.1, 0.15) is 12.0 Å². The van der Waals surface area contributed by atoms with Crippen LogP contribution in [0, 0.1) is 5.92 Å². The third kappa shape index (κ3) is 4.63. The van der Waals surface area contributed by atoms with Gasteiger partial charge in [0.05, 0.1) is 0 Å². The van der Waals surface area contributed by atoms with Gasteiger partial charge in [-0.25, -0.2) is 0 Å². The minimum Gasteiger partial charge on any atom is -0.462 e. The fourth-order valence-electron chi connectivity index (χ4n) is 6.25. The van der Waals surface area contributed by atoms with E-state index < -0.39 is 11.8 Å². The Morgan fingerprint density at radius 3 is 2.51 bits per heavy atom. The van der Waals surface area contributed by atoms with Gasteiger partial charge in [0.2, 0.25) is 6.79 Å². The van der Waals surface area contributed by atoms with Gasteiger partial charge >= 0.3 is 5.97 Å². The number of aliphatic imine (C=N–C) groups is 1. The van der Waals surface area contributed by atoms with Crippen molar-refractivity contribution in [2.45, 2.75) is 69.8 Å². The van der Waals surface area contributed by atoms with E-state index in [4.69, 9.17) is 19.2 Å². The highest BCUT2D eigenvalue weighted by Gasteiger charge is 2.46. The average Bonchev–Trinajstić information content (AvgIpc) is 3.35. The summed E-state index contributed by atoms with van der Waals surface area (Å²) in [6.45, 7) is 2.04. The SMILES string of the molecule is CC1=NC2=C(C(=O)C[C@H](c3ccccc3)C2)[C@H](c2cc3c(cc2Br)OCO3)C1C(=O)OC1CCCCC1. The number of allylic oxidation sites excluding steroid dienone is 2. The number of Topliss-reactive ketones (excluding diaryl/α,β-unsaturated/α-hetero) is 1. The van der Waals surface area contributed by atoms with E-state index in [2.05, 4.69) is 28.1 Å². The van der Waals surface area contributed by atoms with Crippen LogP contribution < -0.4 is 9.47 Å². The molecule has 0 bridgehead atoms. The standard InChI is InChI=1S/C30H30BrNO5/c1-17-27(30(34)37-20-10-6-3-7-11-20)28(21-14-25-26(15-22(21)31)36-16-35-25)29-23(32-17)12-19(13-24(29)33)18-8-4-2-5-9-18/h2,4-5,8-9,14-15,19-20,27-28H,3,6-7,10-13,16H2,1H3/t19-,27?,28-/m1/s1. The molecule has 2 heterocycles. The Labute approximate surface area is 225 Å². The molecule has 4 aliphatic rings.